The lowest BCUT2D eigenvalue weighted by Crippen LogP contribution is -2.57. The summed E-state index contributed by atoms with van der Waals surface area (Å²) >= 11 is 0. The number of nitriles is 1. The summed E-state index contributed by atoms with van der Waals surface area (Å²) in [4.78, 5) is 31.8. The van der Waals surface area contributed by atoms with Crippen LogP contribution in [0.25, 0.3) is 0 Å². The fourth-order valence-electron chi connectivity index (χ4n) is 5.66. The molecule has 7 nitrogen and oxygen atoms in total. The average molecular weight is 442 g/mol. The third-order valence-corrected chi connectivity index (χ3v) is 7.03. The quantitative estimate of drug-likeness (QED) is 0.755. The van der Waals surface area contributed by atoms with Crippen molar-refractivity contribution in [3.8, 4) is 6.07 Å². The van der Waals surface area contributed by atoms with E-state index in [0.29, 0.717) is 32.5 Å². The first-order chi connectivity index (χ1) is 15.1. The normalized spacial score (nSPS) is 27.6. The summed E-state index contributed by atoms with van der Waals surface area (Å²) in [5.74, 6) is -0.460. The summed E-state index contributed by atoms with van der Waals surface area (Å²) in [5.41, 5.74) is 6.94. The van der Waals surface area contributed by atoms with Crippen LogP contribution in [0.5, 0.6) is 0 Å². The molecule has 3 heterocycles. The van der Waals surface area contributed by atoms with Crippen LogP contribution in [-0.4, -0.2) is 70.3 Å². The van der Waals surface area contributed by atoms with E-state index in [4.69, 9.17) is 5.73 Å². The second-order valence-electron chi connectivity index (χ2n) is 10.4. The molecule has 32 heavy (non-hydrogen) atoms. The number of carbonyl (C=O) groups is 2. The zero-order valence-corrected chi connectivity index (χ0v) is 19.0. The maximum absolute atomic E-state index is 13.5. The van der Waals surface area contributed by atoms with Crippen molar-refractivity contribution >= 4 is 11.8 Å². The topological polar surface area (TPSA) is 93.7 Å². The van der Waals surface area contributed by atoms with Crippen LogP contribution in [0.1, 0.15) is 51.6 Å². The molecule has 4 rings (SSSR count). The standard InChI is InChI=1S/C24H32FN5O2/c1-24(2,3)21(15-6-8-16(25)9-7-15)30-18-11-20(23(30)32)28(13-18)14-19(27)22(31)29-10-4-5-17(29)12-26/h6-9,17-21H,4-5,10-11,13-14,27H2,1-3H3/t17-,18?,19-,20-,21-/m0/s1. The molecular formula is C24H32FN5O2. The second-order valence-corrected chi connectivity index (χ2v) is 10.4. The summed E-state index contributed by atoms with van der Waals surface area (Å²) in [7, 11) is 0. The van der Waals surface area contributed by atoms with Gasteiger partial charge in [0.05, 0.1) is 24.2 Å². The van der Waals surface area contributed by atoms with E-state index in [0.717, 1.165) is 12.0 Å². The van der Waals surface area contributed by atoms with Crippen LogP contribution in [0.4, 0.5) is 4.39 Å². The molecule has 1 unspecified atom stereocenters. The lowest BCUT2D eigenvalue weighted by molar-refractivity contribution is -0.143. The first-order valence-corrected chi connectivity index (χ1v) is 11.4. The van der Waals surface area contributed by atoms with Crippen LogP contribution in [0, 0.1) is 22.6 Å². The van der Waals surface area contributed by atoms with Crippen LogP contribution in [-0.2, 0) is 9.59 Å². The monoisotopic (exact) mass is 441 g/mol. The summed E-state index contributed by atoms with van der Waals surface area (Å²) < 4.78 is 13.5. The van der Waals surface area contributed by atoms with Crippen LogP contribution >= 0.6 is 0 Å². The van der Waals surface area contributed by atoms with Crippen LogP contribution < -0.4 is 5.73 Å². The molecule has 3 fully saturated rings. The van der Waals surface area contributed by atoms with Crippen molar-refractivity contribution in [2.75, 3.05) is 19.6 Å². The molecular weight excluding hydrogens is 409 g/mol. The van der Waals surface area contributed by atoms with Gasteiger partial charge in [-0.3, -0.25) is 14.5 Å². The predicted molar refractivity (Wildman–Crippen MR) is 118 cm³/mol. The predicted octanol–water partition coefficient (Wildman–Crippen LogP) is 2.04. The number of fused-ring (bicyclic) bond motifs is 2. The average Bonchev–Trinajstić information content (AvgIpc) is 3.44. The van der Waals surface area contributed by atoms with Gasteiger partial charge < -0.3 is 15.5 Å². The van der Waals surface area contributed by atoms with Crippen molar-refractivity contribution in [1.29, 1.82) is 5.26 Å². The van der Waals surface area contributed by atoms with Gasteiger partial charge in [-0.25, -0.2) is 4.39 Å². The fourth-order valence-corrected chi connectivity index (χ4v) is 5.66. The molecule has 1 aromatic rings. The number of hydrogen-bond donors (Lipinski definition) is 1. The number of likely N-dealkylation sites (tertiary alicyclic amines) is 3. The van der Waals surface area contributed by atoms with Crippen LogP contribution in [0.2, 0.25) is 0 Å². The molecule has 2 amide bonds. The minimum Gasteiger partial charge on any atom is -0.329 e. The van der Waals surface area contributed by atoms with E-state index in [-0.39, 0.29) is 41.2 Å². The van der Waals surface area contributed by atoms with Gasteiger partial charge in [-0.05, 0) is 42.4 Å². The largest absolute Gasteiger partial charge is 0.329 e. The number of halogens is 1. The maximum Gasteiger partial charge on any atom is 0.241 e. The smallest absolute Gasteiger partial charge is 0.241 e. The van der Waals surface area contributed by atoms with E-state index in [9.17, 15) is 19.2 Å². The third-order valence-electron chi connectivity index (χ3n) is 7.03. The fraction of sp³-hybridized carbons (Fsp3) is 0.625. The van der Waals surface area contributed by atoms with Crippen molar-refractivity contribution in [2.24, 2.45) is 11.1 Å². The second kappa shape index (κ2) is 8.45. The van der Waals surface area contributed by atoms with E-state index >= 15 is 0 Å². The summed E-state index contributed by atoms with van der Waals surface area (Å²) in [5, 5.41) is 9.26. The Balaban J connectivity index is 1.47. The Morgan fingerprint density at radius 1 is 1.31 bits per heavy atom. The van der Waals surface area contributed by atoms with Gasteiger partial charge in [-0.15, -0.1) is 0 Å². The van der Waals surface area contributed by atoms with Crippen molar-refractivity contribution in [1.82, 2.24) is 14.7 Å². The number of benzene rings is 1. The number of rotatable bonds is 5. The zero-order valence-electron chi connectivity index (χ0n) is 19.0. The van der Waals surface area contributed by atoms with Gasteiger partial charge in [0.1, 0.15) is 11.9 Å². The van der Waals surface area contributed by atoms with Crippen molar-refractivity contribution < 1.29 is 14.0 Å². The molecule has 8 heteroatoms. The summed E-state index contributed by atoms with van der Waals surface area (Å²) in [6, 6.07) is 7.01. The molecule has 3 aliphatic heterocycles. The van der Waals surface area contributed by atoms with Gasteiger partial charge in [0, 0.05) is 25.7 Å². The summed E-state index contributed by atoms with van der Waals surface area (Å²) in [6.07, 6.45) is 2.21. The zero-order chi connectivity index (χ0) is 23.2. The molecule has 172 valence electrons. The molecule has 2 bridgehead atoms. The Morgan fingerprint density at radius 2 is 2.00 bits per heavy atom. The number of hydrogen-bond acceptors (Lipinski definition) is 5. The first-order valence-electron chi connectivity index (χ1n) is 11.4. The van der Waals surface area contributed by atoms with Crippen molar-refractivity contribution in [3.05, 3.63) is 35.6 Å². The molecule has 3 saturated heterocycles. The summed E-state index contributed by atoms with van der Waals surface area (Å²) in [6.45, 7) is 7.81. The highest BCUT2D eigenvalue weighted by Crippen LogP contribution is 2.45. The lowest BCUT2D eigenvalue weighted by atomic mass is 9.80. The van der Waals surface area contributed by atoms with Crippen LogP contribution in [0.3, 0.4) is 0 Å². The van der Waals surface area contributed by atoms with Gasteiger partial charge in [0.2, 0.25) is 11.8 Å². The first kappa shape index (κ1) is 22.7. The Morgan fingerprint density at radius 3 is 2.59 bits per heavy atom. The van der Waals surface area contributed by atoms with Crippen molar-refractivity contribution in [3.63, 3.8) is 0 Å². The molecule has 0 radical (unpaired) electrons. The van der Waals surface area contributed by atoms with Gasteiger partial charge >= 0.3 is 0 Å². The van der Waals surface area contributed by atoms with E-state index in [1.165, 1.54) is 12.1 Å². The molecule has 0 aliphatic carbocycles. The molecule has 0 spiro atoms. The highest BCUT2D eigenvalue weighted by molar-refractivity contribution is 5.87. The van der Waals surface area contributed by atoms with Gasteiger partial charge in [-0.1, -0.05) is 32.9 Å². The number of nitrogens with zero attached hydrogens (tertiary/aromatic N) is 4. The Kier molecular flexibility index (Phi) is 5.99. The van der Waals surface area contributed by atoms with E-state index in [2.05, 4.69) is 26.8 Å². The highest BCUT2D eigenvalue weighted by atomic mass is 19.1. The Labute approximate surface area is 188 Å². The molecule has 1 aromatic carbocycles. The van der Waals surface area contributed by atoms with E-state index in [1.807, 2.05) is 9.80 Å². The number of amides is 2. The molecule has 3 aliphatic rings. The van der Waals surface area contributed by atoms with Crippen molar-refractivity contribution in [2.45, 2.75) is 70.2 Å². The van der Waals surface area contributed by atoms with Gasteiger partial charge in [0.15, 0.2) is 0 Å². The Bertz CT molecular complexity index is 922. The number of carbonyl (C=O) groups excluding carboxylic acids is 2. The van der Waals surface area contributed by atoms with Gasteiger partial charge in [-0.2, -0.15) is 5.26 Å². The SMILES string of the molecule is CC(C)(C)[C@H](c1ccc(F)cc1)N1C(=O)[C@@H]2CC1CN2C[C@H](N)C(=O)N1CCC[C@H]1C#N. The van der Waals surface area contributed by atoms with Gasteiger partial charge in [0.25, 0.3) is 0 Å². The lowest BCUT2D eigenvalue weighted by Gasteiger charge is -2.45. The van der Waals surface area contributed by atoms with E-state index < -0.39 is 12.1 Å². The Hall–Kier alpha value is -2.50. The van der Waals surface area contributed by atoms with Crippen LogP contribution in [0.15, 0.2) is 24.3 Å². The molecule has 0 aromatic heterocycles. The third kappa shape index (κ3) is 4.00. The number of nitrogens with two attached hydrogens (primary N) is 1. The number of piperazine rings is 1. The highest BCUT2D eigenvalue weighted by Gasteiger charge is 2.54. The molecule has 0 saturated carbocycles. The molecule has 2 N–H and O–H groups in total. The minimum absolute atomic E-state index is 0.0303. The molecule has 5 atom stereocenters. The van der Waals surface area contributed by atoms with E-state index in [1.54, 1.807) is 17.0 Å². The minimum atomic E-state index is -0.750. The maximum atomic E-state index is 13.5.